The van der Waals surface area contributed by atoms with Crippen molar-refractivity contribution in [1.82, 2.24) is 15.1 Å². The van der Waals surface area contributed by atoms with Crippen LogP contribution >= 0.6 is 0 Å². The van der Waals surface area contributed by atoms with Crippen molar-refractivity contribution in [2.24, 2.45) is 5.92 Å². The monoisotopic (exact) mass is 310 g/mol. The van der Waals surface area contributed by atoms with Gasteiger partial charge >= 0.3 is 6.03 Å². The lowest BCUT2D eigenvalue weighted by atomic mass is 9.98. The number of aliphatic hydroxyl groups is 1. The van der Waals surface area contributed by atoms with Crippen LogP contribution in [0.5, 0.6) is 0 Å². The Balaban J connectivity index is 2.78. The van der Waals surface area contributed by atoms with Gasteiger partial charge in [-0.1, -0.05) is 34.1 Å². The molecule has 0 aliphatic rings. The summed E-state index contributed by atoms with van der Waals surface area (Å²) in [7, 11) is 0. The lowest BCUT2D eigenvalue weighted by Gasteiger charge is -2.28. The molecule has 1 rings (SSSR count). The second-order valence-corrected chi connectivity index (χ2v) is 6.48. The van der Waals surface area contributed by atoms with Gasteiger partial charge in [0.05, 0.1) is 29.7 Å². The molecule has 0 saturated carbocycles. The van der Waals surface area contributed by atoms with Gasteiger partial charge < -0.3 is 15.7 Å². The molecule has 0 saturated heterocycles. The normalized spacial score (nSPS) is 14.0. The maximum atomic E-state index is 12.2. The molecule has 0 fully saturated rings. The predicted octanol–water partition coefficient (Wildman–Crippen LogP) is 2.77. The van der Waals surface area contributed by atoms with Crippen LogP contribution in [-0.2, 0) is 13.0 Å². The molecule has 0 aromatic carbocycles. The highest BCUT2D eigenvalue weighted by Gasteiger charge is 2.25. The van der Waals surface area contributed by atoms with Crippen LogP contribution in [0.25, 0.3) is 0 Å². The third-order valence-corrected chi connectivity index (χ3v) is 3.64. The van der Waals surface area contributed by atoms with Gasteiger partial charge in [0.1, 0.15) is 0 Å². The van der Waals surface area contributed by atoms with Gasteiger partial charge in [-0.05, 0) is 25.7 Å². The summed E-state index contributed by atoms with van der Waals surface area (Å²) in [5.74, 6) is 0.495. The maximum absolute atomic E-state index is 12.2. The summed E-state index contributed by atoms with van der Waals surface area (Å²) in [4.78, 5) is 12.2. The van der Waals surface area contributed by atoms with E-state index in [1.54, 1.807) is 6.20 Å². The second-order valence-electron chi connectivity index (χ2n) is 6.48. The number of aromatic nitrogens is 2. The predicted molar refractivity (Wildman–Crippen MR) is 89.0 cm³/mol. The van der Waals surface area contributed by atoms with E-state index in [1.165, 1.54) is 0 Å². The van der Waals surface area contributed by atoms with E-state index in [1.807, 2.05) is 25.5 Å². The highest BCUT2D eigenvalue weighted by atomic mass is 16.3. The fourth-order valence-corrected chi connectivity index (χ4v) is 2.55. The van der Waals surface area contributed by atoms with Crippen molar-refractivity contribution >= 4 is 11.7 Å². The number of hydrogen-bond acceptors (Lipinski definition) is 3. The van der Waals surface area contributed by atoms with Gasteiger partial charge in [0.2, 0.25) is 0 Å². The number of aliphatic hydroxyl groups excluding tert-OH is 1. The number of anilines is 1. The Morgan fingerprint density at radius 2 is 2.14 bits per heavy atom. The Labute approximate surface area is 133 Å². The molecule has 0 spiro atoms. The molecule has 1 aromatic heterocycles. The second kappa shape index (κ2) is 8.17. The average molecular weight is 310 g/mol. The molecular weight excluding hydrogens is 280 g/mol. The summed E-state index contributed by atoms with van der Waals surface area (Å²) in [6.45, 7) is 10.9. The van der Waals surface area contributed by atoms with Gasteiger partial charge in [0, 0.05) is 6.54 Å². The van der Waals surface area contributed by atoms with Crippen molar-refractivity contribution in [1.29, 1.82) is 0 Å². The smallest absolute Gasteiger partial charge is 0.319 e. The zero-order valence-electron chi connectivity index (χ0n) is 14.4. The Morgan fingerprint density at radius 3 is 2.64 bits per heavy atom. The molecule has 0 aliphatic carbocycles. The molecule has 1 unspecified atom stereocenters. The molecule has 0 radical (unpaired) electrons. The molecule has 3 N–H and O–H groups in total. The Kier molecular flexibility index (Phi) is 6.87. The van der Waals surface area contributed by atoms with E-state index in [9.17, 15) is 9.90 Å². The van der Waals surface area contributed by atoms with Gasteiger partial charge in [0.25, 0.3) is 0 Å². The average Bonchev–Trinajstić information content (AvgIpc) is 2.79. The molecule has 1 heterocycles. The molecule has 126 valence electrons. The van der Waals surface area contributed by atoms with Crippen molar-refractivity contribution in [2.45, 2.75) is 66.0 Å². The van der Waals surface area contributed by atoms with E-state index in [2.05, 4.69) is 29.6 Å². The van der Waals surface area contributed by atoms with Crippen LogP contribution < -0.4 is 10.6 Å². The van der Waals surface area contributed by atoms with Crippen LogP contribution in [0.15, 0.2) is 6.20 Å². The number of urea groups is 1. The molecule has 6 nitrogen and oxygen atoms in total. The minimum Gasteiger partial charge on any atom is -0.394 e. The van der Waals surface area contributed by atoms with Crippen molar-refractivity contribution in [3.05, 3.63) is 11.9 Å². The standard InChI is InChI=1S/C16H30N4O2/c1-6-8-16(5,11-21)19-15(22)18-13-9-17-20(10-12(3)4)14(13)7-2/h9,12,21H,6-8,10-11H2,1-5H3,(H2,18,19,22). The molecule has 2 amide bonds. The Hall–Kier alpha value is -1.56. The quantitative estimate of drug-likeness (QED) is 0.691. The lowest BCUT2D eigenvalue weighted by Crippen LogP contribution is -2.50. The molecule has 22 heavy (non-hydrogen) atoms. The van der Waals surface area contributed by atoms with Gasteiger partial charge in [-0.3, -0.25) is 4.68 Å². The molecular formula is C16H30N4O2. The SMILES string of the molecule is CCCC(C)(CO)NC(=O)Nc1cnn(CC(C)C)c1CC. The fraction of sp³-hybridized carbons (Fsp3) is 0.750. The van der Waals surface area contributed by atoms with E-state index in [0.717, 1.165) is 37.2 Å². The van der Waals surface area contributed by atoms with Gasteiger partial charge in [-0.2, -0.15) is 5.10 Å². The molecule has 1 aromatic rings. The van der Waals surface area contributed by atoms with Gasteiger partial charge in [-0.15, -0.1) is 0 Å². The Bertz CT molecular complexity index is 484. The van der Waals surface area contributed by atoms with Crippen molar-refractivity contribution < 1.29 is 9.90 Å². The van der Waals surface area contributed by atoms with Crippen LogP contribution in [0.2, 0.25) is 0 Å². The summed E-state index contributed by atoms with van der Waals surface area (Å²) >= 11 is 0. The van der Waals surface area contributed by atoms with E-state index in [-0.39, 0.29) is 12.6 Å². The first kappa shape index (κ1) is 18.5. The van der Waals surface area contributed by atoms with E-state index in [4.69, 9.17) is 0 Å². The number of amides is 2. The third kappa shape index (κ3) is 5.02. The Morgan fingerprint density at radius 1 is 1.45 bits per heavy atom. The van der Waals surface area contributed by atoms with Gasteiger partial charge in [0.15, 0.2) is 0 Å². The number of rotatable bonds is 8. The topological polar surface area (TPSA) is 79.2 Å². The summed E-state index contributed by atoms with van der Waals surface area (Å²) in [6.07, 6.45) is 4.11. The minimum atomic E-state index is -0.598. The number of carbonyl (C=O) groups excluding carboxylic acids is 1. The fourth-order valence-electron chi connectivity index (χ4n) is 2.55. The highest BCUT2D eigenvalue weighted by molar-refractivity contribution is 5.90. The number of nitrogens with zero attached hydrogens (tertiary/aromatic N) is 2. The number of hydrogen-bond donors (Lipinski definition) is 3. The van der Waals surface area contributed by atoms with Crippen LogP contribution in [0.3, 0.4) is 0 Å². The molecule has 1 atom stereocenters. The van der Waals surface area contributed by atoms with Gasteiger partial charge in [-0.25, -0.2) is 4.79 Å². The lowest BCUT2D eigenvalue weighted by molar-refractivity contribution is 0.167. The third-order valence-electron chi connectivity index (χ3n) is 3.64. The highest BCUT2D eigenvalue weighted by Crippen LogP contribution is 2.18. The summed E-state index contributed by atoms with van der Waals surface area (Å²) in [6, 6.07) is -0.302. The van der Waals surface area contributed by atoms with Crippen molar-refractivity contribution in [3.8, 4) is 0 Å². The first-order valence-electron chi connectivity index (χ1n) is 8.09. The maximum Gasteiger partial charge on any atom is 0.319 e. The van der Waals surface area contributed by atoms with E-state index < -0.39 is 5.54 Å². The number of nitrogens with one attached hydrogen (secondary N) is 2. The van der Waals surface area contributed by atoms with Crippen LogP contribution in [0.1, 0.15) is 53.2 Å². The van der Waals surface area contributed by atoms with Crippen LogP contribution in [0.4, 0.5) is 10.5 Å². The van der Waals surface area contributed by atoms with E-state index >= 15 is 0 Å². The summed E-state index contributed by atoms with van der Waals surface area (Å²) in [5, 5.41) is 19.6. The largest absolute Gasteiger partial charge is 0.394 e. The summed E-state index contributed by atoms with van der Waals surface area (Å²) < 4.78 is 1.94. The zero-order valence-corrected chi connectivity index (χ0v) is 14.4. The van der Waals surface area contributed by atoms with Crippen molar-refractivity contribution in [2.75, 3.05) is 11.9 Å². The van der Waals surface area contributed by atoms with Crippen molar-refractivity contribution in [3.63, 3.8) is 0 Å². The molecule has 0 aliphatic heterocycles. The zero-order chi connectivity index (χ0) is 16.8. The summed E-state index contributed by atoms with van der Waals surface area (Å²) in [5.41, 5.74) is 1.15. The first-order chi connectivity index (χ1) is 10.3. The van der Waals surface area contributed by atoms with Crippen LogP contribution in [-0.4, -0.2) is 33.1 Å². The molecule has 6 heteroatoms. The number of carbonyl (C=O) groups is 1. The van der Waals surface area contributed by atoms with E-state index in [0.29, 0.717) is 5.92 Å². The molecule has 0 bridgehead atoms. The first-order valence-corrected chi connectivity index (χ1v) is 8.09. The van der Waals surface area contributed by atoms with Crippen LogP contribution in [0, 0.1) is 5.92 Å². The minimum absolute atomic E-state index is 0.0818.